The van der Waals surface area contributed by atoms with Crippen molar-refractivity contribution in [2.75, 3.05) is 12.9 Å². The highest BCUT2D eigenvalue weighted by atomic mass is 32.2. The molecule has 5 aromatic rings. The van der Waals surface area contributed by atoms with E-state index in [-0.39, 0.29) is 23.8 Å². The number of aromatic nitrogens is 4. The van der Waals surface area contributed by atoms with Crippen molar-refractivity contribution >= 4 is 34.3 Å². The summed E-state index contributed by atoms with van der Waals surface area (Å²) in [5, 5.41) is 12.7. The molecule has 0 spiro atoms. The number of amides is 1. The van der Waals surface area contributed by atoms with E-state index in [1.807, 2.05) is 78.1 Å². The SMILES string of the molecule is COc1ccccc1Cn1c(=O)c2ccccc2n2c(SCC(=O)NCc3ccc(C)cc3)nnc12. The Kier molecular flexibility index (Phi) is 6.73. The molecule has 2 aromatic heterocycles. The molecular weight excluding hydrogens is 474 g/mol. The molecule has 3 aromatic carbocycles. The largest absolute Gasteiger partial charge is 0.496 e. The lowest BCUT2D eigenvalue weighted by molar-refractivity contribution is -0.118. The summed E-state index contributed by atoms with van der Waals surface area (Å²) in [6.45, 7) is 2.76. The van der Waals surface area contributed by atoms with E-state index >= 15 is 0 Å². The lowest BCUT2D eigenvalue weighted by atomic mass is 10.1. The highest BCUT2D eigenvalue weighted by molar-refractivity contribution is 7.99. The number of fused-ring (bicyclic) bond motifs is 3. The second-order valence-corrected chi connectivity index (χ2v) is 9.33. The summed E-state index contributed by atoms with van der Waals surface area (Å²) in [7, 11) is 1.60. The van der Waals surface area contributed by atoms with Crippen molar-refractivity contribution in [2.45, 2.75) is 25.2 Å². The van der Waals surface area contributed by atoms with Crippen molar-refractivity contribution in [3.8, 4) is 5.75 Å². The number of nitrogens with zero attached hydrogens (tertiary/aromatic N) is 4. The van der Waals surface area contributed by atoms with Gasteiger partial charge in [-0.15, -0.1) is 10.2 Å². The molecule has 0 atom stereocenters. The molecule has 0 saturated carbocycles. The van der Waals surface area contributed by atoms with Crippen molar-refractivity contribution < 1.29 is 9.53 Å². The third kappa shape index (κ3) is 4.70. The zero-order valence-electron chi connectivity index (χ0n) is 20.0. The fraction of sp³-hybridized carbons (Fsp3) is 0.185. The van der Waals surface area contributed by atoms with Gasteiger partial charge in [-0.1, -0.05) is 71.9 Å². The van der Waals surface area contributed by atoms with Gasteiger partial charge in [0.2, 0.25) is 11.7 Å². The molecule has 2 heterocycles. The Balaban J connectivity index is 1.45. The van der Waals surface area contributed by atoms with Crippen molar-refractivity contribution in [1.82, 2.24) is 24.5 Å². The number of para-hydroxylation sites is 2. The molecule has 1 amide bonds. The predicted octanol–water partition coefficient (Wildman–Crippen LogP) is 3.82. The van der Waals surface area contributed by atoms with Crippen LogP contribution in [0, 0.1) is 6.92 Å². The van der Waals surface area contributed by atoms with E-state index in [1.165, 1.54) is 17.3 Å². The second-order valence-electron chi connectivity index (χ2n) is 8.39. The minimum absolute atomic E-state index is 0.107. The fourth-order valence-corrected chi connectivity index (χ4v) is 4.83. The molecule has 0 saturated heterocycles. The van der Waals surface area contributed by atoms with E-state index in [1.54, 1.807) is 17.7 Å². The first-order valence-electron chi connectivity index (χ1n) is 11.5. The summed E-state index contributed by atoms with van der Waals surface area (Å²) in [5.74, 6) is 1.17. The molecule has 0 aliphatic heterocycles. The van der Waals surface area contributed by atoms with Crippen LogP contribution < -0.4 is 15.6 Å². The van der Waals surface area contributed by atoms with Crippen LogP contribution in [0.25, 0.3) is 16.7 Å². The average Bonchev–Trinajstić information content (AvgIpc) is 3.33. The zero-order chi connectivity index (χ0) is 25.1. The number of rotatable bonds is 8. The van der Waals surface area contributed by atoms with Crippen LogP contribution in [0.15, 0.2) is 82.7 Å². The van der Waals surface area contributed by atoms with E-state index < -0.39 is 0 Å². The minimum atomic E-state index is -0.163. The molecule has 0 unspecified atom stereocenters. The molecule has 0 radical (unpaired) electrons. The van der Waals surface area contributed by atoms with Gasteiger partial charge in [-0.3, -0.25) is 18.6 Å². The lowest BCUT2D eigenvalue weighted by Crippen LogP contribution is -2.25. The number of aryl methyl sites for hydroxylation is 1. The van der Waals surface area contributed by atoms with Crippen LogP contribution in [-0.4, -0.2) is 37.9 Å². The first-order chi connectivity index (χ1) is 17.5. The van der Waals surface area contributed by atoms with Gasteiger partial charge in [-0.2, -0.15) is 0 Å². The van der Waals surface area contributed by atoms with E-state index in [0.717, 1.165) is 11.1 Å². The number of benzene rings is 3. The standard InChI is InChI=1S/C27H25N5O3S/c1-18-11-13-19(14-12-18)15-28-24(33)17-36-27-30-29-26-31(16-20-7-3-6-10-23(20)35-2)25(34)21-8-4-5-9-22(21)32(26)27/h3-14H,15-17H2,1-2H3,(H,28,33). The molecule has 9 heteroatoms. The Labute approximate surface area is 211 Å². The van der Waals surface area contributed by atoms with Gasteiger partial charge < -0.3 is 10.1 Å². The van der Waals surface area contributed by atoms with E-state index in [0.29, 0.717) is 34.1 Å². The lowest BCUT2D eigenvalue weighted by Gasteiger charge is -2.13. The topological polar surface area (TPSA) is 90.5 Å². The zero-order valence-corrected chi connectivity index (χ0v) is 20.8. The van der Waals surface area contributed by atoms with Gasteiger partial charge >= 0.3 is 0 Å². The van der Waals surface area contributed by atoms with Gasteiger partial charge in [-0.25, -0.2) is 0 Å². The van der Waals surface area contributed by atoms with Crippen LogP contribution in [0.5, 0.6) is 5.75 Å². The van der Waals surface area contributed by atoms with Gasteiger partial charge in [0.15, 0.2) is 5.16 Å². The number of hydrogen-bond acceptors (Lipinski definition) is 6. The molecule has 182 valence electrons. The number of carbonyl (C=O) groups excluding carboxylic acids is 1. The molecule has 0 aliphatic carbocycles. The molecule has 0 bridgehead atoms. The normalized spacial score (nSPS) is 11.2. The Morgan fingerprint density at radius 3 is 2.56 bits per heavy atom. The van der Waals surface area contributed by atoms with E-state index in [4.69, 9.17) is 4.74 Å². The summed E-state index contributed by atoms with van der Waals surface area (Å²) >= 11 is 1.28. The Morgan fingerprint density at radius 2 is 1.75 bits per heavy atom. The smallest absolute Gasteiger partial charge is 0.263 e. The third-order valence-corrected chi connectivity index (χ3v) is 6.87. The maximum Gasteiger partial charge on any atom is 0.263 e. The summed E-state index contributed by atoms with van der Waals surface area (Å²) in [5.41, 5.74) is 3.60. The molecule has 8 nitrogen and oxygen atoms in total. The number of ether oxygens (including phenoxy) is 1. The number of thioether (sulfide) groups is 1. The van der Waals surface area contributed by atoms with Crippen LogP contribution in [0.1, 0.15) is 16.7 Å². The van der Waals surface area contributed by atoms with Crippen LogP contribution in [0.4, 0.5) is 0 Å². The molecule has 36 heavy (non-hydrogen) atoms. The van der Waals surface area contributed by atoms with Crippen molar-refractivity contribution in [1.29, 1.82) is 0 Å². The predicted molar refractivity (Wildman–Crippen MR) is 141 cm³/mol. The number of hydrogen-bond donors (Lipinski definition) is 1. The van der Waals surface area contributed by atoms with Gasteiger partial charge in [-0.05, 0) is 30.7 Å². The van der Waals surface area contributed by atoms with Crippen LogP contribution in [-0.2, 0) is 17.9 Å². The third-order valence-electron chi connectivity index (χ3n) is 5.94. The first-order valence-corrected chi connectivity index (χ1v) is 12.5. The van der Waals surface area contributed by atoms with Crippen LogP contribution >= 0.6 is 11.8 Å². The summed E-state index contributed by atoms with van der Waals surface area (Å²) in [4.78, 5) is 26.0. The Bertz CT molecular complexity index is 1610. The highest BCUT2D eigenvalue weighted by Gasteiger charge is 2.18. The molecule has 5 rings (SSSR count). The van der Waals surface area contributed by atoms with Crippen molar-refractivity contribution in [3.05, 3.63) is 99.8 Å². The molecule has 0 aliphatic rings. The summed E-state index contributed by atoms with van der Waals surface area (Å²) in [6, 6.07) is 23.0. The average molecular weight is 500 g/mol. The van der Waals surface area contributed by atoms with Crippen LogP contribution in [0.3, 0.4) is 0 Å². The maximum absolute atomic E-state index is 13.4. The first kappa shape index (κ1) is 23.6. The minimum Gasteiger partial charge on any atom is -0.496 e. The molecular formula is C27H25N5O3S. The second kappa shape index (κ2) is 10.2. The van der Waals surface area contributed by atoms with E-state index in [9.17, 15) is 9.59 Å². The Hall–Kier alpha value is -4.11. The quantitative estimate of drug-likeness (QED) is 0.327. The molecule has 0 fully saturated rings. The van der Waals surface area contributed by atoms with Crippen molar-refractivity contribution in [3.63, 3.8) is 0 Å². The van der Waals surface area contributed by atoms with Gasteiger partial charge in [0, 0.05) is 12.1 Å². The highest BCUT2D eigenvalue weighted by Crippen LogP contribution is 2.24. The summed E-state index contributed by atoms with van der Waals surface area (Å²) < 4.78 is 8.91. The van der Waals surface area contributed by atoms with Gasteiger partial charge in [0.05, 0.1) is 30.3 Å². The van der Waals surface area contributed by atoms with Gasteiger partial charge in [0.1, 0.15) is 5.75 Å². The number of carbonyl (C=O) groups is 1. The summed E-state index contributed by atoms with van der Waals surface area (Å²) in [6.07, 6.45) is 0. The number of nitrogens with one attached hydrogen (secondary N) is 1. The monoisotopic (exact) mass is 499 g/mol. The fourth-order valence-electron chi connectivity index (χ4n) is 4.06. The Morgan fingerprint density at radius 1 is 1.00 bits per heavy atom. The van der Waals surface area contributed by atoms with Gasteiger partial charge in [0.25, 0.3) is 5.56 Å². The maximum atomic E-state index is 13.4. The van der Waals surface area contributed by atoms with E-state index in [2.05, 4.69) is 15.5 Å². The van der Waals surface area contributed by atoms with Crippen LogP contribution in [0.2, 0.25) is 0 Å². The van der Waals surface area contributed by atoms with Crippen molar-refractivity contribution in [2.24, 2.45) is 0 Å². The molecule has 1 N–H and O–H groups in total. The number of methoxy groups -OCH3 is 1.